The van der Waals surface area contributed by atoms with Crippen molar-refractivity contribution in [2.24, 2.45) is 0 Å². The number of carbonyl (C=O) groups is 1. The molecule has 0 aromatic heterocycles. The van der Waals surface area contributed by atoms with Crippen molar-refractivity contribution >= 4 is 11.5 Å². The summed E-state index contributed by atoms with van der Waals surface area (Å²) in [6, 6.07) is 2.65. The summed E-state index contributed by atoms with van der Waals surface area (Å²) in [6.45, 7) is -0.301. The Kier molecular flexibility index (Phi) is 2.15. The van der Waals surface area contributed by atoms with E-state index in [1.165, 1.54) is 0 Å². The van der Waals surface area contributed by atoms with Crippen molar-refractivity contribution in [3.05, 3.63) is 41.2 Å². The largest absolute Gasteiger partial charge is 0.508 e. The van der Waals surface area contributed by atoms with E-state index in [-0.39, 0.29) is 23.5 Å². The maximum atomic E-state index is 13.2. The van der Waals surface area contributed by atoms with Crippen molar-refractivity contribution in [2.75, 3.05) is 6.61 Å². The van der Waals surface area contributed by atoms with Gasteiger partial charge in [0.1, 0.15) is 29.6 Å². The third-order valence-corrected chi connectivity index (χ3v) is 2.03. The molecular formula is C10H6F2O3. The molecule has 0 unspecified atom stereocenters. The van der Waals surface area contributed by atoms with Gasteiger partial charge in [-0.2, -0.15) is 0 Å². The molecule has 0 saturated heterocycles. The monoisotopic (exact) mass is 212 g/mol. The Morgan fingerprint density at radius 2 is 2.07 bits per heavy atom. The summed E-state index contributed by atoms with van der Waals surface area (Å²) in [7, 11) is 0. The first-order valence-corrected chi connectivity index (χ1v) is 4.14. The molecule has 78 valence electrons. The van der Waals surface area contributed by atoms with E-state index < -0.39 is 17.6 Å². The molecule has 0 atom stereocenters. The van der Waals surface area contributed by atoms with Gasteiger partial charge in [-0.05, 0) is 18.2 Å². The smallest absolute Gasteiger partial charge is 0.342 e. The van der Waals surface area contributed by atoms with Crippen molar-refractivity contribution in [3.8, 4) is 0 Å². The van der Waals surface area contributed by atoms with Crippen LogP contribution in [0.25, 0.3) is 5.57 Å². The number of carbonyl (C=O) groups excluding carboxylic acids is 1. The molecule has 0 saturated carbocycles. The number of esters is 1. The van der Waals surface area contributed by atoms with E-state index in [1.807, 2.05) is 0 Å². The van der Waals surface area contributed by atoms with Crippen molar-refractivity contribution in [2.45, 2.75) is 0 Å². The molecule has 0 spiro atoms. The molecule has 0 amide bonds. The Balaban J connectivity index is 2.58. The molecule has 1 heterocycles. The molecule has 2 rings (SSSR count). The van der Waals surface area contributed by atoms with Crippen LogP contribution in [0.1, 0.15) is 5.56 Å². The van der Waals surface area contributed by atoms with Gasteiger partial charge in [-0.1, -0.05) is 0 Å². The average Bonchev–Trinajstić information content (AvgIpc) is 2.51. The van der Waals surface area contributed by atoms with Crippen LogP contribution in [0.4, 0.5) is 8.78 Å². The third kappa shape index (κ3) is 1.56. The van der Waals surface area contributed by atoms with Gasteiger partial charge < -0.3 is 9.84 Å². The summed E-state index contributed by atoms with van der Waals surface area (Å²) < 4.78 is 30.6. The SMILES string of the molecule is O=C1OCC(O)=C1c1cc(F)ccc1F. The van der Waals surface area contributed by atoms with Gasteiger partial charge in [0.2, 0.25) is 0 Å². The third-order valence-electron chi connectivity index (χ3n) is 2.03. The summed E-state index contributed by atoms with van der Waals surface area (Å²) in [4.78, 5) is 11.1. The first-order chi connectivity index (χ1) is 7.09. The lowest BCUT2D eigenvalue weighted by Gasteiger charge is -2.01. The van der Waals surface area contributed by atoms with Crippen LogP contribution in [-0.2, 0) is 9.53 Å². The highest BCUT2D eigenvalue weighted by Crippen LogP contribution is 2.27. The fourth-order valence-corrected chi connectivity index (χ4v) is 1.35. The second-order valence-electron chi connectivity index (χ2n) is 3.02. The highest BCUT2D eigenvalue weighted by molar-refractivity contribution is 6.18. The Hall–Kier alpha value is -1.91. The molecule has 1 N–H and O–H groups in total. The molecule has 0 fully saturated rings. The van der Waals surface area contributed by atoms with Crippen molar-refractivity contribution in [1.82, 2.24) is 0 Å². The molecular weight excluding hydrogens is 206 g/mol. The van der Waals surface area contributed by atoms with Crippen LogP contribution >= 0.6 is 0 Å². The van der Waals surface area contributed by atoms with Crippen LogP contribution in [0.2, 0.25) is 0 Å². The summed E-state index contributed by atoms with van der Waals surface area (Å²) in [5.74, 6) is -2.70. The number of benzene rings is 1. The van der Waals surface area contributed by atoms with Gasteiger partial charge in [0.05, 0.1) is 0 Å². The number of aliphatic hydroxyl groups excluding tert-OH is 1. The van der Waals surface area contributed by atoms with E-state index in [0.717, 1.165) is 18.2 Å². The Morgan fingerprint density at radius 1 is 1.33 bits per heavy atom. The molecule has 0 bridgehead atoms. The van der Waals surface area contributed by atoms with Crippen LogP contribution in [0.3, 0.4) is 0 Å². The van der Waals surface area contributed by atoms with E-state index in [0.29, 0.717) is 0 Å². The van der Waals surface area contributed by atoms with E-state index >= 15 is 0 Å². The number of hydrogen-bond acceptors (Lipinski definition) is 3. The van der Waals surface area contributed by atoms with Crippen LogP contribution in [0.5, 0.6) is 0 Å². The fraction of sp³-hybridized carbons (Fsp3) is 0.100. The van der Waals surface area contributed by atoms with Crippen LogP contribution < -0.4 is 0 Å². The zero-order valence-corrected chi connectivity index (χ0v) is 7.46. The number of aliphatic hydroxyl groups is 1. The maximum Gasteiger partial charge on any atom is 0.342 e. The van der Waals surface area contributed by atoms with Crippen molar-refractivity contribution < 1.29 is 23.4 Å². The number of cyclic esters (lactones) is 1. The van der Waals surface area contributed by atoms with Crippen molar-refractivity contribution in [1.29, 1.82) is 0 Å². The normalized spacial score (nSPS) is 15.7. The molecule has 1 aliphatic heterocycles. The lowest BCUT2D eigenvalue weighted by atomic mass is 10.1. The fourth-order valence-electron chi connectivity index (χ4n) is 1.35. The van der Waals surface area contributed by atoms with Gasteiger partial charge >= 0.3 is 5.97 Å². The van der Waals surface area contributed by atoms with Crippen LogP contribution in [-0.4, -0.2) is 17.7 Å². The standard InChI is InChI=1S/C10H6F2O3/c11-5-1-2-7(12)6(3-5)9-8(13)4-15-10(9)14/h1-3,13H,4H2. The van der Waals surface area contributed by atoms with Gasteiger partial charge in [0, 0.05) is 5.56 Å². The number of ether oxygens (including phenoxy) is 1. The lowest BCUT2D eigenvalue weighted by Crippen LogP contribution is -2.01. The molecule has 0 aliphatic carbocycles. The number of hydrogen-bond donors (Lipinski definition) is 1. The highest BCUT2D eigenvalue weighted by atomic mass is 19.1. The maximum absolute atomic E-state index is 13.2. The highest BCUT2D eigenvalue weighted by Gasteiger charge is 2.28. The predicted molar refractivity (Wildman–Crippen MR) is 46.9 cm³/mol. The number of rotatable bonds is 1. The lowest BCUT2D eigenvalue weighted by molar-refractivity contribution is -0.134. The zero-order chi connectivity index (χ0) is 11.0. The second-order valence-corrected chi connectivity index (χ2v) is 3.02. The van der Waals surface area contributed by atoms with Crippen LogP contribution in [0, 0.1) is 11.6 Å². The van der Waals surface area contributed by atoms with Crippen molar-refractivity contribution in [3.63, 3.8) is 0 Å². The van der Waals surface area contributed by atoms with Gasteiger partial charge in [-0.15, -0.1) is 0 Å². The first kappa shape index (κ1) is 9.64. The topological polar surface area (TPSA) is 46.5 Å². The zero-order valence-electron chi connectivity index (χ0n) is 7.46. The van der Waals surface area contributed by atoms with E-state index in [1.54, 1.807) is 0 Å². The van der Waals surface area contributed by atoms with Gasteiger partial charge in [0.25, 0.3) is 0 Å². The van der Waals surface area contributed by atoms with Crippen LogP contribution in [0.15, 0.2) is 24.0 Å². The van der Waals surface area contributed by atoms with Gasteiger partial charge in [-0.3, -0.25) is 0 Å². The quantitative estimate of drug-likeness (QED) is 0.722. The summed E-state index contributed by atoms with van der Waals surface area (Å²) in [5, 5.41) is 9.27. The van der Waals surface area contributed by atoms with E-state index in [9.17, 15) is 18.7 Å². The molecule has 1 aliphatic rings. The Labute approximate surface area is 83.6 Å². The molecule has 0 radical (unpaired) electrons. The molecule has 1 aromatic rings. The van der Waals surface area contributed by atoms with Gasteiger partial charge in [0.15, 0.2) is 0 Å². The van der Waals surface area contributed by atoms with Gasteiger partial charge in [-0.25, -0.2) is 13.6 Å². The summed E-state index contributed by atoms with van der Waals surface area (Å²) in [5.41, 5.74) is -0.595. The predicted octanol–water partition coefficient (Wildman–Crippen LogP) is 1.79. The number of halogens is 2. The second kappa shape index (κ2) is 3.34. The molecule has 3 nitrogen and oxygen atoms in total. The Morgan fingerprint density at radius 3 is 2.67 bits per heavy atom. The minimum atomic E-state index is -0.850. The first-order valence-electron chi connectivity index (χ1n) is 4.14. The summed E-state index contributed by atoms with van der Waals surface area (Å²) in [6.07, 6.45) is 0. The molecule has 5 heteroatoms. The summed E-state index contributed by atoms with van der Waals surface area (Å²) >= 11 is 0. The van der Waals surface area contributed by atoms with E-state index in [2.05, 4.69) is 4.74 Å². The average molecular weight is 212 g/mol. The molecule has 1 aromatic carbocycles. The Bertz CT molecular complexity index is 466. The van der Waals surface area contributed by atoms with E-state index in [4.69, 9.17) is 0 Å². The minimum absolute atomic E-state index is 0.282. The molecule has 15 heavy (non-hydrogen) atoms. The minimum Gasteiger partial charge on any atom is -0.508 e.